The molecule has 0 aliphatic carbocycles. The smallest absolute Gasteiger partial charge is 0.394 e. The molecule has 310 valence electrons. The zero-order valence-electron chi connectivity index (χ0n) is 34.8. The van der Waals surface area contributed by atoms with Gasteiger partial charge in [-0.1, -0.05) is 152 Å². The lowest BCUT2D eigenvalue weighted by atomic mass is 9.91. The number of carbonyl (C=O) groups is 1. The molecule has 3 N–H and O–H groups in total. The zero-order valence-corrected chi connectivity index (χ0v) is 35.7. The number of Topliss-reactive ketones (excluding diaryl/α,β-unsaturated/α-hetero) is 1. The molecule has 0 aromatic carbocycles. The number of carbonyl (C=O) groups excluding carboxylic acids is 1. The molecule has 0 saturated carbocycles. The maximum atomic E-state index is 13.6. The van der Waals surface area contributed by atoms with Gasteiger partial charge in [-0.05, 0) is 57.8 Å². The van der Waals surface area contributed by atoms with Gasteiger partial charge in [0.05, 0.1) is 27.7 Å². The van der Waals surface area contributed by atoms with E-state index >= 15 is 0 Å². The van der Waals surface area contributed by atoms with Crippen LogP contribution in [0.4, 0.5) is 0 Å². The second-order valence-electron chi connectivity index (χ2n) is 15.7. The summed E-state index contributed by atoms with van der Waals surface area (Å²) in [4.78, 5) is 24.2. The van der Waals surface area contributed by atoms with E-state index in [1.54, 1.807) is 0 Å². The Morgan fingerprint density at radius 3 is 1.64 bits per heavy atom. The van der Waals surface area contributed by atoms with Crippen LogP contribution in [0.2, 0.25) is 0 Å². The third kappa shape index (κ3) is 33.7. The van der Waals surface area contributed by atoms with E-state index in [4.69, 9.17) is 9.05 Å². The number of phosphoric acid groups is 1. The van der Waals surface area contributed by atoms with Crippen LogP contribution in [0.5, 0.6) is 0 Å². The summed E-state index contributed by atoms with van der Waals surface area (Å²) >= 11 is 0. The molecule has 0 aliphatic heterocycles. The lowest BCUT2D eigenvalue weighted by molar-refractivity contribution is -0.870. The van der Waals surface area contributed by atoms with E-state index in [1.165, 1.54) is 83.5 Å². The van der Waals surface area contributed by atoms with Crippen LogP contribution >= 0.6 is 7.82 Å². The summed E-state index contributed by atoms with van der Waals surface area (Å²) in [5.74, 6) is -0.938. The van der Waals surface area contributed by atoms with Gasteiger partial charge in [0.1, 0.15) is 31.1 Å². The monoisotopic (exact) mass is 771 g/mol. The fourth-order valence-electron chi connectivity index (χ4n) is 6.16. The maximum Gasteiger partial charge on any atom is 0.472 e. The Morgan fingerprint density at radius 1 is 0.698 bits per heavy atom. The Kier molecular flexibility index (Phi) is 34.2. The first kappa shape index (κ1) is 51.6. The van der Waals surface area contributed by atoms with Gasteiger partial charge in [0.2, 0.25) is 0 Å². The van der Waals surface area contributed by atoms with Gasteiger partial charge in [0.15, 0.2) is 0 Å². The number of unbranched alkanes of at least 4 members (excludes halogenated alkanes) is 16. The molecule has 0 bridgehead atoms. The number of nitrogens with zero attached hydrogens (tertiary/aromatic N) is 1. The van der Waals surface area contributed by atoms with Crippen LogP contribution in [0.3, 0.4) is 0 Å². The largest absolute Gasteiger partial charge is 0.472 e. The van der Waals surface area contributed by atoms with Crippen LogP contribution in [0.25, 0.3) is 0 Å². The van der Waals surface area contributed by atoms with Crippen molar-refractivity contribution in [1.29, 1.82) is 0 Å². The second kappa shape index (κ2) is 35.1. The molecular formula is C44H83NO7P+. The number of phosphoric ester groups is 1. The zero-order chi connectivity index (χ0) is 39.5. The lowest BCUT2D eigenvalue weighted by Gasteiger charge is -2.31. The van der Waals surface area contributed by atoms with E-state index in [-0.39, 0.29) is 12.4 Å². The highest BCUT2D eigenvalue weighted by Gasteiger charge is 2.39. The molecule has 53 heavy (non-hydrogen) atoms. The molecule has 0 aromatic heterocycles. The van der Waals surface area contributed by atoms with E-state index in [9.17, 15) is 24.5 Å². The number of likely N-dealkylation sites (N-methyl/N-ethyl adjacent to an activating group) is 1. The van der Waals surface area contributed by atoms with Gasteiger partial charge >= 0.3 is 7.82 Å². The van der Waals surface area contributed by atoms with Gasteiger partial charge in [-0.15, -0.1) is 0 Å². The SMILES string of the molecule is CCCCC/C=C\C/C=C\C/C=C\C/C=C\CCCC(C(=O)[14CH2]CCCCCCCCCCCCCC)C(OP(=O)(O)OCC[N+](C)(C)C)[C@@H](O)CO. The van der Waals surface area contributed by atoms with Crippen LogP contribution in [0.1, 0.15) is 168 Å². The molecule has 0 aromatic rings. The number of rotatable bonds is 38. The third-order valence-electron chi connectivity index (χ3n) is 9.52. The summed E-state index contributed by atoms with van der Waals surface area (Å²) in [6, 6.07) is 0. The number of allylic oxidation sites excluding steroid dienone is 8. The van der Waals surface area contributed by atoms with Gasteiger partial charge < -0.3 is 19.6 Å². The molecule has 0 saturated heterocycles. The van der Waals surface area contributed by atoms with Crippen molar-refractivity contribution in [2.24, 2.45) is 5.92 Å². The highest BCUT2D eigenvalue weighted by atomic mass is 31.2. The fourth-order valence-corrected chi connectivity index (χ4v) is 7.13. The van der Waals surface area contributed by atoms with E-state index in [2.05, 4.69) is 62.5 Å². The van der Waals surface area contributed by atoms with Gasteiger partial charge in [0.25, 0.3) is 0 Å². The molecule has 0 amide bonds. The lowest BCUT2D eigenvalue weighted by Crippen LogP contribution is -2.42. The van der Waals surface area contributed by atoms with Crippen molar-refractivity contribution >= 4 is 13.6 Å². The molecule has 0 spiro atoms. The average Bonchev–Trinajstić information content (AvgIpc) is 3.11. The van der Waals surface area contributed by atoms with Gasteiger partial charge in [-0.2, -0.15) is 0 Å². The van der Waals surface area contributed by atoms with Crippen LogP contribution in [-0.2, 0) is 18.4 Å². The third-order valence-corrected chi connectivity index (χ3v) is 10.5. The van der Waals surface area contributed by atoms with Crippen molar-refractivity contribution in [3.63, 3.8) is 0 Å². The molecule has 3 unspecified atom stereocenters. The van der Waals surface area contributed by atoms with Crippen LogP contribution < -0.4 is 0 Å². The van der Waals surface area contributed by atoms with Crippen LogP contribution in [0.15, 0.2) is 48.6 Å². The van der Waals surface area contributed by atoms with Crippen LogP contribution in [-0.4, -0.2) is 78.5 Å². The minimum Gasteiger partial charge on any atom is -0.394 e. The van der Waals surface area contributed by atoms with Gasteiger partial charge in [-0.3, -0.25) is 13.8 Å². The summed E-state index contributed by atoms with van der Waals surface area (Å²) in [5, 5.41) is 20.6. The fraction of sp³-hybridized carbons (Fsp3) is 0.795. The quantitative estimate of drug-likeness (QED) is 0.0248. The van der Waals surface area contributed by atoms with E-state index < -0.39 is 32.6 Å². The summed E-state index contributed by atoms with van der Waals surface area (Å²) in [6.07, 6.45) is 40.0. The number of aliphatic hydroxyl groups excluding tert-OH is 2. The normalized spacial score (nSPS) is 15.6. The summed E-state index contributed by atoms with van der Waals surface area (Å²) in [6.45, 7) is 4.23. The number of quaternary nitrogens is 1. The highest BCUT2D eigenvalue weighted by molar-refractivity contribution is 7.47. The van der Waals surface area contributed by atoms with Crippen LogP contribution in [0, 0.1) is 5.92 Å². The van der Waals surface area contributed by atoms with Crippen molar-refractivity contribution in [2.45, 2.75) is 180 Å². The minimum atomic E-state index is -4.60. The first-order valence-electron chi connectivity index (χ1n) is 21.3. The Labute approximate surface area is 326 Å². The Morgan fingerprint density at radius 2 is 1.15 bits per heavy atom. The van der Waals surface area contributed by atoms with Crippen molar-refractivity contribution in [3.05, 3.63) is 48.6 Å². The van der Waals surface area contributed by atoms with Crippen molar-refractivity contribution in [1.82, 2.24) is 0 Å². The Bertz CT molecular complexity index is 1020. The number of aliphatic hydroxyl groups is 2. The molecule has 9 heteroatoms. The molecule has 0 heterocycles. The molecule has 0 fully saturated rings. The standard InChI is InChI=1S/C44H82NO7P/c1-6-8-10-12-14-16-18-20-21-22-23-25-26-28-30-32-34-36-41(44(43(48)40-46)52-53(49,50)51-39-38-45(3,4)5)42(47)37-35-33-31-29-27-24-19-17-15-13-11-9-7-2/h14,16,20-21,23,25,28,30,41,43-44,46,48H,6-13,15,17-19,22,24,26-27,29,31-40H2,1-5H3/p+1/b16-14-,21-20-,25-23-,30-28-/t41?,43-,44?/m0/s1/i37+2. The first-order valence-corrected chi connectivity index (χ1v) is 22.8. The van der Waals surface area contributed by atoms with Crippen molar-refractivity contribution in [3.8, 4) is 0 Å². The predicted molar refractivity (Wildman–Crippen MR) is 224 cm³/mol. The summed E-state index contributed by atoms with van der Waals surface area (Å²) in [5.41, 5.74) is 0. The van der Waals surface area contributed by atoms with E-state index in [0.717, 1.165) is 51.4 Å². The summed E-state index contributed by atoms with van der Waals surface area (Å²) < 4.78 is 24.2. The average molecular weight is 771 g/mol. The molecule has 4 atom stereocenters. The Hall–Kier alpha value is -1.38. The maximum absolute atomic E-state index is 13.6. The van der Waals surface area contributed by atoms with Gasteiger partial charge in [0, 0.05) is 12.3 Å². The highest BCUT2D eigenvalue weighted by Crippen LogP contribution is 2.47. The molecule has 0 radical (unpaired) electrons. The topological polar surface area (TPSA) is 113 Å². The van der Waals surface area contributed by atoms with E-state index in [1.807, 2.05) is 21.1 Å². The second-order valence-corrected chi connectivity index (χ2v) is 17.1. The van der Waals surface area contributed by atoms with Gasteiger partial charge in [-0.25, -0.2) is 4.57 Å². The van der Waals surface area contributed by atoms with Crippen molar-refractivity contribution < 1.29 is 38.0 Å². The minimum absolute atomic E-state index is 0.0249. The van der Waals surface area contributed by atoms with Crippen molar-refractivity contribution in [2.75, 3.05) is 40.9 Å². The molecule has 0 aliphatic rings. The molecule has 8 nitrogen and oxygen atoms in total. The summed E-state index contributed by atoms with van der Waals surface area (Å²) in [7, 11) is 1.22. The number of hydrogen-bond donors (Lipinski definition) is 3. The molecule has 0 rings (SSSR count). The first-order chi connectivity index (χ1) is 25.5. The van der Waals surface area contributed by atoms with E-state index in [0.29, 0.717) is 30.3 Å². The molecular weight excluding hydrogens is 687 g/mol. The number of ketones is 1. The Balaban J connectivity index is 4.99. The number of hydrogen-bond acceptors (Lipinski definition) is 6. The predicted octanol–water partition coefficient (Wildman–Crippen LogP) is 11.4.